The second kappa shape index (κ2) is 6.79. The van der Waals surface area contributed by atoms with Crippen LogP contribution in [0, 0.1) is 0 Å². The van der Waals surface area contributed by atoms with Gasteiger partial charge >= 0.3 is 0 Å². The van der Waals surface area contributed by atoms with Crippen molar-refractivity contribution in [3.8, 4) is 0 Å². The van der Waals surface area contributed by atoms with Crippen LogP contribution in [0.2, 0.25) is 0 Å². The van der Waals surface area contributed by atoms with E-state index in [4.69, 9.17) is 4.84 Å². The number of amides is 1. The minimum atomic E-state index is 0.0904. The SMILES string of the molecule is CNC(=O)CCCNOC1CCCC1. The first-order valence-corrected chi connectivity index (χ1v) is 5.42. The molecule has 0 aromatic rings. The summed E-state index contributed by atoms with van der Waals surface area (Å²) in [6, 6.07) is 0. The predicted octanol–water partition coefficient (Wildman–Crippen LogP) is 0.976. The Hall–Kier alpha value is -0.610. The highest BCUT2D eigenvalue weighted by Gasteiger charge is 2.14. The summed E-state index contributed by atoms with van der Waals surface area (Å²) in [5.41, 5.74) is 2.93. The summed E-state index contributed by atoms with van der Waals surface area (Å²) in [6.07, 6.45) is 6.69. The molecule has 4 heteroatoms. The minimum Gasteiger partial charge on any atom is -0.359 e. The van der Waals surface area contributed by atoms with Gasteiger partial charge in [-0.05, 0) is 19.3 Å². The van der Waals surface area contributed by atoms with Gasteiger partial charge in [-0.2, -0.15) is 0 Å². The van der Waals surface area contributed by atoms with Gasteiger partial charge in [-0.25, -0.2) is 5.48 Å². The number of carbonyl (C=O) groups excluding carboxylic acids is 1. The quantitative estimate of drug-likeness (QED) is 0.496. The Bertz CT molecular complexity index is 168. The molecular weight excluding hydrogens is 180 g/mol. The van der Waals surface area contributed by atoms with Crippen molar-refractivity contribution in [3.05, 3.63) is 0 Å². The van der Waals surface area contributed by atoms with Gasteiger partial charge in [-0.15, -0.1) is 0 Å². The van der Waals surface area contributed by atoms with Crippen LogP contribution in [0.4, 0.5) is 0 Å². The van der Waals surface area contributed by atoms with Crippen molar-refractivity contribution in [2.45, 2.75) is 44.6 Å². The Balaban J connectivity index is 1.86. The Labute approximate surface area is 85.3 Å². The number of hydrogen-bond donors (Lipinski definition) is 2. The number of carbonyl (C=O) groups is 1. The molecule has 0 aromatic heterocycles. The first-order chi connectivity index (χ1) is 6.83. The fraction of sp³-hybridized carbons (Fsp3) is 0.900. The van der Waals surface area contributed by atoms with Crippen LogP contribution >= 0.6 is 0 Å². The average Bonchev–Trinajstić information content (AvgIpc) is 2.69. The van der Waals surface area contributed by atoms with Gasteiger partial charge in [0.05, 0.1) is 6.10 Å². The highest BCUT2D eigenvalue weighted by atomic mass is 16.7. The van der Waals surface area contributed by atoms with E-state index in [0.29, 0.717) is 12.5 Å². The van der Waals surface area contributed by atoms with Gasteiger partial charge in [0.1, 0.15) is 0 Å². The standard InChI is InChI=1S/C10H20N2O2/c1-11-10(13)7-4-8-12-14-9-5-2-3-6-9/h9,12H,2-8H2,1H3,(H,11,13). The van der Waals surface area contributed by atoms with Crippen molar-refractivity contribution < 1.29 is 9.63 Å². The van der Waals surface area contributed by atoms with Gasteiger partial charge in [0, 0.05) is 20.0 Å². The van der Waals surface area contributed by atoms with E-state index in [0.717, 1.165) is 13.0 Å². The Morgan fingerprint density at radius 1 is 1.43 bits per heavy atom. The summed E-state index contributed by atoms with van der Waals surface area (Å²) < 4.78 is 0. The first-order valence-electron chi connectivity index (χ1n) is 5.42. The average molecular weight is 200 g/mol. The highest BCUT2D eigenvalue weighted by molar-refractivity contribution is 5.75. The van der Waals surface area contributed by atoms with Crippen molar-refractivity contribution in [2.75, 3.05) is 13.6 Å². The molecule has 4 nitrogen and oxygen atoms in total. The van der Waals surface area contributed by atoms with Crippen LogP contribution in [-0.2, 0) is 9.63 Å². The molecule has 0 spiro atoms. The lowest BCUT2D eigenvalue weighted by Gasteiger charge is -2.10. The topological polar surface area (TPSA) is 50.4 Å². The second-order valence-electron chi connectivity index (χ2n) is 3.70. The molecule has 0 aliphatic heterocycles. The molecule has 1 rings (SSSR count). The summed E-state index contributed by atoms with van der Waals surface area (Å²) in [7, 11) is 1.66. The molecule has 0 bridgehead atoms. The molecule has 2 N–H and O–H groups in total. The maximum absolute atomic E-state index is 10.9. The van der Waals surface area contributed by atoms with Crippen molar-refractivity contribution in [2.24, 2.45) is 0 Å². The fourth-order valence-electron chi connectivity index (χ4n) is 1.63. The monoisotopic (exact) mass is 200 g/mol. The van der Waals surface area contributed by atoms with Crippen molar-refractivity contribution in [3.63, 3.8) is 0 Å². The molecule has 0 heterocycles. The zero-order valence-corrected chi connectivity index (χ0v) is 8.84. The smallest absolute Gasteiger partial charge is 0.219 e. The van der Waals surface area contributed by atoms with Gasteiger partial charge in [0.15, 0.2) is 0 Å². The van der Waals surface area contributed by atoms with Crippen LogP contribution in [0.5, 0.6) is 0 Å². The third kappa shape index (κ3) is 4.58. The lowest BCUT2D eigenvalue weighted by molar-refractivity contribution is -0.120. The number of nitrogens with one attached hydrogen (secondary N) is 2. The third-order valence-corrected chi connectivity index (χ3v) is 2.51. The Morgan fingerprint density at radius 2 is 2.14 bits per heavy atom. The maximum atomic E-state index is 10.9. The maximum Gasteiger partial charge on any atom is 0.219 e. The molecule has 0 unspecified atom stereocenters. The second-order valence-corrected chi connectivity index (χ2v) is 3.70. The molecule has 1 amide bonds. The van der Waals surface area contributed by atoms with Crippen LogP contribution in [0.15, 0.2) is 0 Å². The van der Waals surface area contributed by atoms with Crippen molar-refractivity contribution in [1.29, 1.82) is 0 Å². The van der Waals surface area contributed by atoms with E-state index in [1.165, 1.54) is 25.7 Å². The summed E-state index contributed by atoms with van der Waals surface area (Å²) in [5, 5.41) is 2.59. The molecule has 82 valence electrons. The largest absolute Gasteiger partial charge is 0.359 e. The molecule has 1 aliphatic rings. The van der Waals surface area contributed by atoms with E-state index in [9.17, 15) is 4.79 Å². The fourth-order valence-corrected chi connectivity index (χ4v) is 1.63. The zero-order chi connectivity index (χ0) is 10.2. The molecular formula is C10H20N2O2. The van der Waals surface area contributed by atoms with E-state index in [2.05, 4.69) is 10.8 Å². The van der Waals surface area contributed by atoms with Crippen LogP contribution in [0.25, 0.3) is 0 Å². The number of hydroxylamine groups is 1. The predicted molar refractivity (Wildman–Crippen MR) is 54.6 cm³/mol. The van der Waals surface area contributed by atoms with E-state index < -0.39 is 0 Å². The minimum absolute atomic E-state index is 0.0904. The van der Waals surface area contributed by atoms with Crippen LogP contribution < -0.4 is 10.8 Å². The highest BCUT2D eigenvalue weighted by Crippen LogP contribution is 2.19. The molecule has 1 fully saturated rings. The lowest BCUT2D eigenvalue weighted by Crippen LogP contribution is -2.24. The summed E-state index contributed by atoms with van der Waals surface area (Å²) >= 11 is 0. The molecule has 1 aliphatic carbocycles. The van der Waals surface area contributed by atoms with Gasteiger partial charge in [0.25, 0.3) is 0 Å². The van der Waals surface area contributed by atoms with Crippen molar-refractivity contribution in [1.82, 2.24) is 10.8 Å². The zero-order valence-electron chi connectivity index (χ0n) is 8.84. The molecule has 0 aromatic carbocycles. The van der Waals surface area contributed by atoms with E-state index in [-0.39, 0.29) is 5.91 Å². The molecule has 1 saturated carbocycles. The Morgan fingerprint density at radius 3 is 2.79 bits per heavy atom. The first kappa shape index (κ1) is 11.5. The number of rotatable bonds is 6. The van der Waals surface area contributed by atoms with Crippen LogP contribution in [0.1, 0.15) is 38.5 Å². The lowest BCUT2D eigenvalue weighted by atomic mass is 10.3. The van der Waals surface area contributed by atoms with Gasteiger partial charge in [0.2, 0.25) is 5.91 Å². The van der Waals surface area contributed by atoms with Gasteiger partial charge in [-0.1, -0.05) is 12.8 Å². The number of hydrogen-bond acceptors (Lipinski definition) is 3. The van der Waals surface area contributed by atoms with E-state index in [1.807, 2.05) is 0 Å². The molecule has 0 atom stereocenters. The molecule has 0 saturated heterocycles. The van der Waals surface area contributed by atoms with Gasteiger partial charge in [-0.3, -0.25) is 9.63 Å². The Kier molecular flexibility index (Phi) is 5.56. The summed E-state index contributed by atoms with van der Waals surface area (Å²) in [4.78, 5) is 16.3. The van der Waals surface area contributed by atoms with E-state index >= 15 is 0 Å². The van der Waals surface area contributed by atoms with Crippen LogP contribution in [0.3, 0.4) is 0 Å². The van der Waals surface area contributed by atoms with Crippen molar-refractivity contribution >= 4 is 5.91 Å². The summed E-state index contributed by atoms with van der Waals surface area (Å²) in [6.45, 7) is 0.754. The van der Waals surface area contributed by atoms with Crippen LogP contribution in [-0.4, -0.2) is 25.6 Å². The summed E-state index contributed by atoms with van der Waals surface area (Å²) in [5.74, 6) is 0.0904. The third-order valence-electron chi connectivity index (χ3n) is 2.51. The van der Waals surface area contributed by atoms with Gasteiger partial charge < -0.3 is 5.32 Å². The van der Waals surface area contributed by atoms with E-state index in [1.54, 1.807) is 7.05 Å². The molecule has 14 heavy (non-hydrogen) atoms. The normalized spacial score (nSPS) is 17.2. The molecule has 0 radical (unpaired) electrons.